The number of carbonyl (C=O) groups excluding carboxylic acids is 2. The van der Waals surface area contributed by atoms with E-state index in [0.717, 1.165) is 6.42 Å². The van der Waals surface area contributed by atoms with E-state index < -0.39 is 17.8 Å². The van der Waals surface area contributed by atoms with Gasteiger partial charge in [0.1, 0.15) is 0 Å². The number of carbonyl (C=O) groups is 2. The summed E-state index contributed by atoms with van der Waals surface area (Å²) in [4.78, 5) is 25.1. The number of para-hydroxylation sites is 2. The van der Waals surface area contributed by atoms with Crippen LogP contribution in [0, 0.1) is 5.82 Å². The Balaban J connectivity index is 2.14. The number of anilines is 1. The molecule has 0 radical (unpaired) electrons. The fraction of sp³-hybridized carbons (Fsp3) is 0.333. The van der Waals surface area contributed by atoms with Gasteiger partial charge >= 0.3 is 0 Å². The van der Waals surface area contributed by atoms with E-state index in [-0.39, 0.29) is 17.7 Å². The molecule has 2 atom stereocenters. The summed E-state index contributed by atoms with van der Waals surface area (Å²) in [5, 5.41) is 5.61. The first-order valence-electron chi connectivity index (χ1n) is 9.08. The van der Waals surface area contributed by atoms with Crippen molar-refractivity contribution in [3.05, 3.63) is 59.9 Å². The van der Waals surface area contributed by atoms with Gasteiger partial charge in [-0.05, 0) is 44.0 Å². The van der Waals surface area contributed by atoms with Gasteiger partial charge in [0.15, 0.2) is 17.7 Å². The van der Waals surface area contributed by atoms with Gasteiger partial charge in [0, 0.05) is 6.04 Å². The fourth-order valence-corrected chi connectivity index (χ4v) is 2.42. The molecule has 0 aromatic heterocycles. The highest BCUT2D eigenvalue weighted by molar-refractivity contribution is 6.04. The van der Waals surface area contributed by atoms with E-state index in [1.165, 1.54) is 12.1 Å². The van der Waals surface area contributed by atoms with Gasteiger partial charge in [-0.1, -0.05) is 38.1 Å². The van der Waals surface area contributed by atoms with Crippen LogP contribution < -0.4 is 15.4 Å². The third-order valence-electron chi connectivity index (χ3n) is 4.19. The molecule has 0 aliphatic rings. The highest BCUT2D eigenvalue weighted by Crippen LogP contribution is 2.20. The van der Waals surface area contributed by atoms with Crippen LogP contribution in [-0.4, -0.2) is 24.0 Å². The summed E-state index contributed by atoms with van der Waals surface area (Å²) in [5.74, 6) is -1.22. The molecule has 2 N–H and O–H groups in total. The van der Waals surface area contributed by atoms with Gasteiger partial charge in [0.2, 0.25) is 0 Å². The smallest absolute Gasteiger partial charge is 0.265 e. The number of nitrogens with one attached hydrogen (secondary N) is 2. The molecule has 0 fully saturated rings. The predicted molar refractivity (Wildman–Crippen MR) is 103 cm³/mol. The lowest BCUT2D eigenvalue weighted by molar-refractivity contribution is -0.122. The van der Waals surface area contributed by atoms with E-state index in [9.17, 15) is 14.0 Å². The zero-order chi connectivity index (χ0) is 19.8. The van der Waals surface area contributed by atoms with Gasteiger partial charge in [-0.3, -0.25) is 9.59 Å². The Labute approximate surface area is 158 Å². The van der Waals surface area contributed by atoms with E-state index in [0.29, 0.717) is 17.7 Å². The lowest BCUT2D eigenvalue weighted by Gasteiger charge is -2.19. The van der Waals surface area contributed by atoms with Crippen molar-refractivity contribution >= 4 is 17.5 Å². The molecule has 0 bridgehead atoms. The van der Waals surface area contributed by atoms with Crippen molar-refractivity contribution in [3.63, 3.8) is 0 Å². The number of ether oxygens (including phenoxy) is 1. The van der Waals surface area contributed by atoms with E-state index >= 15 is 0 Å². The first-order valence-corrected chi connectivity index (χ1v) is 9.08. The molecule has 0 saturated carbocycles. The second-order valence-corrected chi connectivity index (χ2v) is 6.26. The van der Waals surface area contributed by atoms with Crippen LogP contribution in [0.3, 0.4) is 0 Å². The Hall–Kier alpha value is -2.89. The Morgan fingerprint density at radius 3 is 2.37 bits per heavy atom. The minimum Gasteiger partial charge on any atom is -0.478 e. The Kier molecular flexibility index (Phi) is 7.34. The molecule has 5 nitrogen and oxygen atoms in total. The van der Waals surface area contributed by atoms with Crippen molar-refractivity contribution in [1.29, 1.82) is 0 Å². The minimum atomic E-state index is -0.882. The quantitative estimate of drug-likeness (QED) is 0.731. The minimum absolute atomic E-state index is 0.0160. The zero-order valence-electron chi connectivity index (χ0n) is 15.8. The van der Waals surface area contributed by atoms with Crippen molar-refractivity contribution in [2.75, 3.05) is 5.32 Å². The van der Waals surface area contributed by atoms with E-state index in [4.69, 9.17) is 4.74 Å². The summed E-state index contributed by atoms with van der Waals surface area (Å²) < 4.78 is 19.3. The van der Waals surface area contributed by atoms with Gasteiger partial charge < -0.3 is 15.4 Å². The summed E-state index contributed by atoms with van der Waals surface area (Å²) in [5.41, 5.74) is 0.755. The van der Waals surface area contributed by atoms with Crippen molar-refractivity contribution in [2.45, 2.75) is 45.8 Å². The Morgan fingerprint density at radius 2 is 1.70 bits per heavy atom. The second-order valence-electron chi connectivity index (χ2n) is 6.26. The monoisotopic (exact) mass is 372 g/mol. The van der Waals surface area contributed by atoms with Gasteiger partial charge in [0.05, 0.1) is 11.3 Å². The molecular formula is C21H25FN2O3. The molecular weight excluding hydrogens is 347 g/mol. The Bertz CT molecular complexity index is 795. The van der Waals surface area contributed by atoms with Crippen molar-refractivity contribution in [2.24, 2.45) is 0 Å². The largest absolute Gasteiger partial charge is 0.478 e. The molecule has 6 heteroatoms. The molecule has 2 aromatic carbocycles. The molecule has 0 spiro atoms. The number of halogens is 1. The van der Waals surface area contributed by atoms with Crippen LogP contribution in [0.4, 0.5) is 10.1 Å². The van der Waals surface area contributed by atoms with Gasteiger partial charge in [-0.15, -0.1) is 0 Å². The molecule has 0 unspecified atom stereocenters. The number of rotatable bonds is 8. The number of amides is 2. The van der Waals surface area contributed by atoms with Crippen LogP contribution >= 0.6 is 0 Å². The molecule has 0 heterocycles. The summed E-state index contributed by atoms with van der Waals surface area (Å²) in [7, 11) is 0. The lowest BCUT2D eigenvalue weighted by Crippen LogP contribution is -2.35. The van der Waals surface area contributed by atoms with E-state index in [1.54, 1.807) is 43.3 Å². The molecule has 27 heavy (non-hydrogen) atoms. The molecule has 2 aromatic rings. The zero-order valence-corrected chi connectivity index (χ0v) is 15.8. The summed E-state index contributed by atoms with van der Waals surface area (Å²) in [6.45, 7) is 5.66. The van der Waals surface area contributed by atoms with Crippen LogP contribution in [0.2, 0.25) is 0 Å². The highest BCUT2D eigenvalue weighted by atomic mass is 19.1. The molecule has 2 amide bonds. The standard InChI is InChI=1S/C21H25FN2O3/c1-4-14(3)23-20(25)15-10-6-8-12-17(15)24-21(26)18(5-2)27-19-13-9-7-11-16(19)22/h6-14,18H,4-5H2,1-3H3,(H,23,25)(H,24,26)/t14-,18+/m0/s1. The van der Waals surface area contributed by atoms with Crippen molar-refractivity contribution in [3.8, 4) is 5.75 Å². The van der Waals surface area contributed by atoms with Crippen LogP contribution in [0.25, 0.3) is 0 Å². The molecule has 0 saturated heterocycles. The van der Waals surface area contributed by atoms with Crippen LogP contribution in [-0.2, 0) is 4.79 Å². The number of hydrogen-bond donors (Lipinski definition) is 2. The molecule has 144 valence electrons. The van der Waals surface area contributed by atoms with Crippen molar-refractivity contribution in [1.82, 2.24) is 5.32 Å². The maximum Gasteiger partial charge on any atom is 0.265 e. The van der Waals surface area contributed by atoms with Crippen LogP contribution in [0.1, 0.15) is 44.0 Å². The third-order valence-corrected chi connectivity index (χ3v) is 4.19. The topological polar surface area (TPSA) is 67.4 Å². The SMILES string of the molecule is CC[C@H](C)NC(=O)c1ccccc1NC(=O)[C@@H](CC)Oc1ccccc1F. The summed E-state index contributed by atoms with van der Waals surface area (Å²) >= 11 is 0. The summed E-state index contributed by atoms with van der Waals surface area (Å²) in [6.07, 6.45) is 0.267. The maximum absolute atomic E-state index is 13.8. The average molecular weight is 372 g/mol. The third kappa shape index (κ3) is 5.54. The predicted octanol–water partition coefficient (Wildman–Crippen LogP) is 4.15. The van der Waals surface area contributed by atoms with Gasteiger partial charge in [0.25, 0.3) is 11.8 Å². The first-order chi connectivity index (χ1) is 13.0. The van der Waals surface area contributed by atoms with E-state index in [1.807, 2.05) is 13.8 Å². The average Bonchev–Trinajstić information content (AvgIpc) is 2.67. The number of hydrogen-bond acceptors (Lipinski definition) is 3. The maximum atomic E-state index is 13.8. The second kappa shape index (κ2) is 9.71. The Morgan fingerprint density at radius 1 is 1.04 bits per heavy atom. The first kappa shape index (κ1) is 20.4. The normalized spacial score (nSPS) is 12.7. The molecule has 0 aliphatic carbocycles. The fourth-order valence-electron chi connectivity index (χ4n) is 2.42. The lowest BCUT2D eigenvalue weighted by atomic mass is 10.1. The van der Waals surface area contributed by atoms with E-state index in [2.05, 4.69) is 10.6 Å². The van der Waals surface area contributed by atoms with Crippen molar-refractivity contribution < 1.29 is 18.7 Å². The molecule has 2 rings (SSSR count). The number of benzene rings is 2. The van der Waals surface area contributed by atoms with Crippen LogP contribution in [0.5, 0.6) is 5.75 Å². The van der Waals surface area contributed by atoms with Gasteiger partial charge in [-0.2, -0.15) is 0 Å². The molecule has 0 aliphatic heterocycles. The highest BCUT2D eigenvalue weighted by Gasteiger charge is 2.22. The van der Waals surface area contributed by atoms with Gasteiger partial charge in [-0.25, -0.2) is 4.39 Å². The van der Waals surface area contributed by atoms with Crippen LogP contribution in [0.15, 0.2) is 48.5 Å². The summed E-state index contributed by atoms with van der Waals surface area (Å²) in [6, 6.07) is 12.7.